The normalized spacial score (nSPS) is 12.8. The number of carbonyl (C=O) groups is 1. The third-order valence-electron chi connectivity index (χ3n) is 3.65. The van der Waals surface area contributed by atoms with Gasteiger partial charge in [0.1, 0.15) is 5.75 Å². The molecule has 0 fully saturated rings. The molecule has 4 rings (SSSR count). The van der Waals surface area contributed by atoms with Crippen molar-refractivity contribution in [3.05, 3.63) is 54.1 Å². The maximum atomic E-state index is 11.9. The molecule has 0 atom stereocenters. The summed E-state index contributed by atoms with van der Waals surface area (Å²) in [6.07, 6.45) is 0. The predicted octanol–water partition coefficient (Wildman–Crippen LogP) is 2.42. The number of amidine groups is 1. The van der Waals surface area contributed by atoms with Gasteiger partial charge in [0.25, 0.3) is 5.22 Å². The summed E-state index contributed by atoms with van der Waals surface area (Å²) in [5.74, 6) is 0.937. The van der Waals surface area contributed by atoms with Crippen molar-refractivity contribution in [2.24, 2.45) is 10.9 Å². The number of carbonyl (C=O) groups excluding carboxylic acids is 1. The fourth-order valence-electron chi connectivity index (χ4n) is 2.32. The molecule has 0 amide bonds. The van der Waals surface area contributed by atoms with E-state index in [2.05, 4.69) is 15.4 Å². The Labute approximate surface area is 163 Å². The number of fused-ring (bicyclic) bond motifs is 1. The van der Waals surface area contributed by atoms with Crippen molar-refractivity contribution in [1.82, 2.24) is 10.2 Å². The highest BCUT2D eigenvalue weighted by atomic mass is 32.2. The minimum atomic E-state index is -0.604. The third-order valence-corrected chi connectivity index (χ3v) is 4.45. The zero-order chi connectivity index (χ0) is 19.3. The van der Waals surface area contributed by atoms with Crippen LogP contribution in [0.15, 0.2) is 63.3 Å². The maximum Gasteiger partial charge on any atom is 0.345 e. The van der Waals surface area contributed by atoms with Gasteiger partial charge in [0, 0.05) is 11.1 Å². The SMILES string of the molecule is NC(=NOC(=O)CSc1nnc(-c2ccccc2)o1)c1ccc2c(c1)OCO2. The number of hydrogen-bond donors (Lipinski definition) is 1. The average molecular weight is 398 g/mol. The second kappa shape index (κ2) is 8.01. The fourth-order valence-corrected chi connectivity index (χ4v) is 2.85. The number of oxime groups is 1. The number of benzene rings is 2. The number of rotatable bonds is 6. The van der Waals surface area contributed by atoms with Gasteiger partial charge in [-0.05, 0) is 30.3 Å². The van der Waals surface area contributed by atoms with Gasteiger partial charge in [0.15, 0.2) is 17.3 Å². The number of thioether (sulfide) groups is 1. The lowest BCUT2D eigenvalue weighted by Crippen LogP contribution is -2.15. The van der Waals surface area contributed by atoms with Gasteiger partial charge in [-0.15, -0.1) is 10.2 Å². The molecule has 0 spiro atoms. The zero-order valence-corrected chi connectivity index (χ0v) is 15.2. The van der Waals surface area contributed by atoms with Gasteiger partial charge < -0.3 is 24.5 Å². The minimum Gasteiger partial charge on any atom is -0.454 e. The first-order valence-electron chi connectivity index (χ1n) is 8.14. The number of ether oxygens (including phenoxy) is 2. The quantitative estimate of drug-likeness (QED) is 0.219. The molecule has 9 nitrogen and oxygen atoms in total. The first-order chi connectivity index (χ1) is 13.7. The molecule has 1 aliphatic heterocycles. The molecule has 1 aromatic heterocycles. The van der Waals surface area contributed by atoms with Crippen LogP contribution in [-0.2, 0) is 9.63 Å². The van der Waals surface area contributed by atoms with Gasteiger partial charge in [0.2, 0.25) is 12.7 Å². The van der Waals surface area contributed by atoms with E-state index in [9.17, 15) is 4.79 Å². The lowest BCUT2D eigenvalue weighted by atomic mass is 10.2. The van der Waals surface area contributed by atoms with Crippen LogP contribution in [0, 0.1) is 0 Å². The first-order valence-corrected chi connectivity index (χ1v) is 9.12. The molecule has 0 radical (unpaired) electrons. The van der Waals surface area contributed by atoms with Crippen molar-refractivity contribution < 1.29 is 23.5 Å². The molecular formula is C18H14N4O5S. The van der Waals surface area contributed by atoms with Gasteiger partial charge in [-0.3, -0.25) is 0 Å². The molecule has 0 bridgehead atoms. The van der Waals surface area contributed by atoms with E-state index in [0.717, 1.165) is 17.3 Å². The van der Waals surface area contributed by atoms with Crippen molar-refractivity contribution in [2.75, 3.05) is 12.5 Å². The van der Waals surface area contributed by atoms with Gasteiger partial charge in [-0.2, -0.15) is 0 Å². The fraction of sp³-hybridized carbons (Fsp3) is 0.111. The van der Waals surface area contributed by atoms with Crippen molar-refractivity contribution in [3.8, 4) is 23.0 Å². The molecular weight excluding hydrogens is 384 g/mol. The highest BCUT2D eigenvalue weighted by molar-refractivity contribution is 7.99. The molecule has 2 heterocycles. The Morgan fingerprint density at radius 3 is 2.82 bits per heavy atom. The van der Waals surface area contributed by atoms with Crippen LogP contribution in [-0.4, -0.2) is 34.5 Å². The molecule has 0 unspecified atom stereocenters. The van der Waals surface area contributed by atoms with E-state index in [1.807, 2.05) is 30.3 Å². The smallest absolute Gasteiger partial charge is 0.345 e. The highest BCUT2D eigenvalue weighted by Gasteiger charge is 2.15. The monoisotopic (exact) mass is 398 g/mol. The molecule has 0 saturated carbocycles. The van der Waals surface area contributed by atoms with Crippen molar-refractivity contribution >= 4 is 23.6 Å². The Kier molecular flexibility index (Phi) is 5.11. The molecule has 0 aliphatic carbocycles. The summed E-state index contributed by atoms with van der Waals surface area (Å²) in [6.45, 7) is 0.156. The van der Waals surface area contributed by atoms with Crippen LogP contribution in [0.3, 0.4) is 0 Å². The number of nitrogens with zero attached hydrogens (tertiary/aromatic N) is 3. The summed E-state index contributed by atoms with van der Waals surface area (Å²) in [4.78, 5) is 16.7. The van der Waals surface area contributed by atoms with Crippen molar-refractivity contribution in [1.29, 1.82) is 0 Å². The molecule has 3 aromatic rings. The van der Waals surface area contributed by atoms with E-state index in [-0.39, 0.29) is 23.6 Å². The van der Waals surface area contributed by atoms with Crippen molar-refractivity contribution in [2.45, 2.75) is 5.22 Å². The van der Waals surface area contributed by atoms with Gasteiger partial charge >= 0.3 is 5.97 Å². The minimum absolute atomic E-state index is 0.0424. The van der Waals surface area contributed by atoms with Gasteiger partial charge in [0.05, 0.1) is 0 Å². The average Bonchev–Trinajstić information content (AvgIpc) is 3.40. The molecule has 2 aromatic carbocycles. The Morgan fingerprint density at radius 2 is 1.96 bits per heavy atom. The molecule has 10 heteroatoms. The Hall–Kier alpha value is -3.53. The molecule has 0 saturated heterocycles. The summed E-state index contributed by atoms with van der Waals surface area (Å²) in [5.41, 5.74) is 7.19. The Balaban J connectivity index is 1.31. The summed E-state index contributed by atoms with van der Waals surface area (Å²) in [5, 5.41) is 11.7. The van der Waals surface area contributed by atoms with Crippen LogP contribution in [0.1, 0.15) is 5.56 Å². The number of aromatic nitrogens is 2. The Bertz CT molecular complexity index is 1020. The van der Waals surface area contributed by atoms with Crippen LogP contribution in [0.25, 0.3) is 11.5 Å². The summed E-state index contributed by atoms with van der Waals surface area (Å²) in [6, 6.07) is 14.4. The summed E-state index contributed by atoms with van der Waals surface area (Å²) >= 11 is 1.05. The van der Waals surface area contributed by atoms with Gasteiger partial charge in [-0.1, -0.05) is 35.1 Å². The number of nitrogens with two attached hydrogens (primary N) is 1. The van der Waals surface area contributed by atoms with Crippen LogP contribution in [0.5, 0.6) is 11.5 Å². The topological polar surface area (TPSA) is 122 Å². The predicted molar refractivity (Wildman–Crippen MR) is 99.8 cm³/mol. The second-order valence-corrected chi connectivity index (χ2v) is 6.46. The standard InChI is InChI=1S/C18H14N4O5S/c19-16(12-6-7-13-14(8-12)25-10-24-13)22-27-15(23)9-28-18-21-20-17(26-18)11-4-2-1-3-5-11/h1-8H,9-10H2,(H2,19,22). The van der Waals surface area contributed by atoms with Crippen LogP contribution >= 0.6 is 11.8 Å². The molecule has 1 aliphatic rings. The molecule has 28 heavy (non-hydrogen) atoms. The zero-order valence-electron chi connectivity index (χ0n) is 14.4. The van der Waals surface area contributed by atoms with E-state index in [1.54, 1.807) is 18.2 Å². The highest BCUT2D eigenvalue weighted by Crippen LogP contribution is 2.32. The number of hydrogen-bond acceptors (Lipinski definition) is 9. The summed E-state index contributed by atoms with van der Waals surface area (Å²) < 4.78 is 16.0. The molecule has 2 N–H and O–H groups in total. The summed E-state index contributed by atoms with van der Waals surface area (Å²) in [7, 11) is 0. The lowest BCUT2D eigenvalue weighted by Gasteiger charge is -2.02. The van der Waals surface area contributed by atoms with E-state index in [4.69, 9.17) is 24.5 Å². The van der Waals surface area contributed by atoms with E-state index in [0.29, 0.717) is 23.0 Å². The largest absolute Gasteiger partial charge is 0.454 e. The van der Waals surface area contributed by atoms with Crippen LogP contribution in [0.4, 0.5) is 0 Å². The molecule has 142 valence electrons. The van der Waals surface area contributed by atoms with Crippen molar-refractivity contribution in [3.63, 3.8) is 0 Å². The Morgan fingerprint density at radius 1 is 1.14 bits per heavy atom. The van der Waals surface area contributed by atoms with Crippen LogP contribution in [0.2, 0.25) is 0 Å². The second-order valence-electron chi connectivity index (χ2n) is 5.54. The van der Waals surface area contributed by atoms with E-state index < -0.39 is 5.97 Å². The third kappa shape index (κ3) is 4.07. The van der Waals surface area contributed by atoms with E-state index >= 15 is 0 Å². The van der Waals surface area contributed by atoms with Crippen LogP contribution < -0.4 is 15.2 Å². The lowest BCUT2D eigenvalue weighted by molar-refractivity contribution is -0.140. The van der Waals surface area contributed by atoms with E-state index in [1.165, 1.54) is 0 Å². The first kappa shape index (κ1) is 17.9. The van der Waals surface area contributed by atoms with Gasteiger partial charge in [-0.25, -0.2) is 4.79 Å². The maximum absolute atomic E-state index is 11.9.